The monoisotopic (exact) mass is 100 g/mol. The number of hydrogen-bond acceptors (Lipinski definition) is 0. The van der Waals surface area contributed by atoms with Crippen molar-refractivity contribution < 1.29 is 0 Å². The van der Waals surface area contributed by atoms with E-state index in [4.69, 9.17) is 0 Å². The van der Waals surface area contributed by atoms with Crippen LogP contribution in [-0.4, -0.2) is 21.5 Å². The van der Waals surface area contributed by atoms with Crippen molar-refractivity contribution in [3.8, 4) is 0 Å². The standard InChI is InChI=1S/C5H8S/c1-3-5-4-2-6(3,4)5/h3-5H,2H2,1H3. The highest BCUT2D eigenvalue weighted by atomic mass is 32.3. The van der Waals surface area contributed by atoms with Crippen molar-refractivity contribution in [3.63, 3.8) is 0 Å². The fraction of sp³-hybridized carbons (Fsp3) is 1.00. The summed E-state index contributed by atoms with van der Waals surface area (Å²) in [5.41, 5.74) is 0. The Kier molecular flexibility index (Phi) is 0.165. The second-order valence-electron chi connectivity index (χ2n) is 2.78. The summed E-state index contributed by atoms with van der Waals surface area (Å²) in [6.45, 7) is 2.43. The Hall–Kier alpha value is 0.350. The highest BCUT2D eigenvalue weighted by molar-refractivity contribution is 8.54. The molecule has 0 aromatic carbocycles. The van der Waals surface area contributed by atoms with Crippen LogP contribution in [-0.2, 0) is 0 Å². The lowest BCUT2D eigenvalue weighted by molar-refractivity contribution is 0.974. The molecule has 1 heteroatoms. The predicted octanol–water partition coefficient (Wildman–Crippen LogP) is 0.958. The van der Waals surface area contributed by atoms with Gasteiger partial charge in [0.1, 0.15) is 0 Å². The van der Waals surface area contributed by atoms with Crippen molar-refractivity contribution in [2.45, 2.75) is 22.7 Å². The molecule has 0 amide bonds. The predicted molar refractivity (Wildman–Crippen MR) is 29.5 cm³/mol. The van der Waals surface area contributed by atoms with Gasteiger partial charge in [-0.25, -0.2) is 10.0 Å². The van der Waals surface area contributed by atoms with Gasteiger partial charge in [0.25, 0.3) is 0 Å². The summed E-state index contributed by atoms with van der Waals surface area (Å²) < 4.78 is 0. The van der Waals surface area contributed by atoms with Gasteiger partial charge in [0, 0.05) is 10.5 Å². The zero-order valence-electron chi connectivity index (χ0n) is 3.85. The molecule has 1 spiro atoms. The second kappa shape index (κ2) is 0.379. The van der Waals surface area contributed by atoms with Crippen molar-refractivity contribution in [2.24, 2.45) is 0 Å². The van der Waals surface area contributed by atoms with Crippen LogP contribution < -0.4 is 0 Å². The highest BCUT2D eigenvalue weighted by Gasteiger charge is 2.92. The molecule has 0 aromatic rings. The SMILES string of the molecule is CC1C2C3CS132. The van der Waals surface area contributed by atoms with Crippen LogP contribution in [0.4, 0.5) is 0 Å². The van der Waals surface area contributed by atoms with Crippen LogP contribution in [0.15, 0.2) is 0 Å². The Bertz CT molecular complexity index is 126. The molecule has 4 unspecified atom stereocenters. The molecule has 4 atom stereocenters. The Balaban J connectivity index is 2.19. The summed E-state index contributed by atoms with van der Waals surface area (Å²) in [7, 11) is 0.338. The van der Waals surface area contributed by atoms with Crippen LogP contribution >= 0.6 is 10.0 Å². The van der Waals surface area contributed by atoms with Crippen molar-refractivity contribution in [1.29, 1.82) is 0 Å². The molecule has 3 aliphatic rings. The quantitative estimate of drug-likeness (QED) is 0.398. The fourth-order valence-electron chi connectivity index (χ4n) is 1.97. The molecule has 3 rings (SSSR count). The van der Waals surface area contributed by atoms with E-state index < -0.39 is 0 Å². The topological polar surface area (TPSA) is 0 Å². The molecule has 34 valence electrons. The Labute approximate surface area is 39.2 Å². The molecule has 3 fully saturated rings. The van der Waals surface area contributed by atoms with Gasteiger partial charge >= 0.3 is 0 Å². The lowest BCUT2D eigenvalue weighted by Crippen LogP contribution is -1.92. The summed E-state index contributed by atoms with van der Waals surface area (Å²) in [6, 6.07) is 0. The molecular formula is C5H8S. The van der Waals surface area contributed by atoms with Crippen LogP contribution in [0.25, 0.3) is 0 Å². The van der Waals surface area contributed by atoms with Crippen LogP contribution in [0.2, 0.25) is 0 Å². The van der Waals surface area contributed by atoms with E-state index in [-0.39, 0.29) is 0 Å². The van der Waals surface area contributed by atoms with Crippen molar-refractivity contribution >= 4 is 10.0 Å². The Morgan fingerprint density at radius 3 is 2.33 bits per heavy atom. The maximum absolute atomic E-state index is 2.43. The lowest BCUT2D eigenvalue weighted by Gasteiger charge is -1.82. The normalized spacial score (nSPS) is 101. The molecule has 3 saturated heterocycles. The van der Waals surface area contributed by atoms with Gasteiger partial charge in [0.15, 0.2) is 0 Å². The van der Waals surface area contributed by atoms with Crippen LogP contribution in [0.1, 0.15) is 6.92 Å². The van der Waals surface area contributed by atoms with Crippen molar-refractivity contribution in [1.82, 2.24) is 0 Å². The summed E-state index contributed by atoms with van der Waals surface area (Å²) in [6.07, 6.45) is 0. The van der Waals surface area contributed by atoms with Gasteiger partial charge in [0.2, 0.25) is 0 Å². The molecule has 0 N–H and O–H groups in total. The first-order chi connectivity index (χ1) is 2.87. The molecule has 0 aliphatic carbocycles. The molecule has 0 saturated carbocycles. The molecular weight excluding hydrogens is 92.1 g/mol. The van der Waals surface area contributed by atoms with E-state index in [1.165, 1.54) is 15.7 Å². The van der Waals surface area contributed by atoms with Gasteiger partial charge in [-0.3, -0.25) is 0 Å². The minimum absolute atomic E-state index is 0.338. The second-order valence-corrected chi connectivity index (χ2v) is 6.83. The van der Waals surface area contributed by atoms with E-state index in [1.807, 2.05) is 0 Å². The smallest absolute Gasteiger partial charge is 0.0109 e. The Morgan fingerprint density at radius 2 is 2.33 bits per heavy atom. The first kappa shape index (κ1) is 2.61. The minimum Gasteiger partial charge on any atom is -0.227 e. The van der Waals surface area contributed by atoms with E-state index in [0.717, 1.165) is 0 Å². The van der Waals surface area contributed by atoms with Crippen LogP contribution in [0.3, 0.4) is 0 Å². The first-order valence-electron chi connectivity index (χ1n) is 2.65. The average molecular weight is 100 g/mol. The van der Waals surface area contributed by atoms with Gasteiger partial charge in [-0.1, -0.05) is 6.92 Å². The third-order valence-electron chi connectivity index (χ3n) is 2.78. The summed E-state index contributed by atoms with van der Waals surface area (Å²) in [5.74, 6) is 1.69. The number of hydrogen-bond donors (Lipinski definition) is 0. The summed E-state index contributed by atoms with van der Waals surface area (Å²) in [5, 5.41) is 3.95. The third kappa shape index (κ3) is 0.0760. The van der Waals surface area contributed by atoms with Gasteiger partial charge < -0.3 is 0 Å². The molecule has 6 heavy (non-hydrogen) atoms. The van der Waals surface area contributed by atoms with E-state index in [2.05, 4.69) is 6.92 Å². The molecule has 0 aromatic heterocycles. The summed E-state index contributed by atoms with van der Waals surface area (Å²) >= 11 is 0. The fourth-order valence-corrected chi connectivity index (χ4v) is 6.97. The van der Waals surface area contributed by atoms with E-state index >= 15 is 0 Å². The lowest BCUT2D eigenvalue weighted by atomic mass is 10.3. The molecule has 3 aliphatic heterocycles. The largest absolute Gasteiger partial charge is 0.227 e. The third-order valence-corrected chi connectivity index (χ3v) is 7.67. The minimum atomic E-state index is 0.338. The molecule has 0 nitrogen and oxygen atoms in total. The van der Waals surface area contributed by atoms with E-state index in [0.29, 0.717) is 10.0 Å². The van der Waals surface area contributed by atoms with Crippen LogP contribution in [0.5, 0.6) is 0 Å². The summed E-state index contributed by atoms with van der Waals surface area (Å²) in [4.78, 5) is 0. The average Bonchev–Trinajstić information content (AvgIpc) is 2.13. The number of rotatable bonds is 0. The Morgan fingerprint density at radius 1 is 1.67 bits per heavy atom. The van der Waals surface area contributed by atoms with Gasteiger partial charge in [-0.05, 0) is 11.0 Å². The van der Waals surface area contributed by atoms with E-state index in [9.17, 15) is 0 Å². The van der Waals surface area contributed by atoms with Crippen molar-refractivity contribution in [3.05, 3.63) is 0 Å². The maximum Gasteiger partial charge on any atom is 0.0109 e. The van der Waals surface area contributed by atoms with Gasteiger partial charge in [-0.2, -0.15) is 0 Å². The highest BCUT2D eigenvalue weighted by Crippen LogP contribution is 3.08. The van der Waals surface area contributed by atoms with Crippen LogP contribution in [0, 0.1) is 0 Å². The zero-order chi connectivity index (χ0) is 3.94. The first-order valence-corrected chi connectivity index (χ1v) is 4.64. The zero-order valence-corrected chi connectivity index (χ0v) is 4.66. The molecule has 0 radical (unpaired) electrons. The molecule has 3 heterocycles. The van der Waals surface area contributed by atoms with E-state index in [1.54, 1.807) is 5.75 Å². The van der Waals surface area contributed by atoms with Gasteiger partial charge in [-0.15, -0.1) is 0 Å². The number of fused-ring (bicyclic) bond motifs is 1. The van der Waals surface area contributed by atoms with Gasteiger partial charge in [0.05, 0.1) is 0 Å². The van der Waals surface area contributed by atoms with Crippen molar-refractivity contribution in [2.75, 3.05) is 5.75 Å². The molecule has 0 bridgehead atoms. The maximum atomic E-state index is 2.43.